The van der Waals surface area contributed by atoms with Crippen LogP contribution in [-0.4, -0.2) is 23.4 Å². The predicted molar refractivity (Wildman–Crippen MR) is 52.7 cm³/mol. The highest BCUT2D eigenvalue weighted by Gasteiger charge is 2.18. The van der Waals surface area contributed by atoms with Crippen LogP contribution in [0.15, 0.2) is 17.0 Å². The first-order chi connectivity index (χ1) is 6.07. The van der Waals surface area contributed by atoms with Gasteiger partial charge in [0.05, 0.1) is 0 Å². The van der Waals surface area contributed by atoms with Crippen LogP contribution in [0.1, 0.15) is 5.56 Å². The van der Waals surface area contributed by atoms with Crippen molar-refractivity contribution in [2.75, 3.05) is 6.26 Å². The van der Waals surface area contributed by atoms with E-state index in [0.717, 1.165) is 4.90 Å². The summed E-state index contributed by atoms with van der Waals surface area (Å²) in [7, 11) is -1.74. The molecular formula is C8H10BFO2S. The zero-order chi connectivity index (χ0) is 10.0. The van der Waals surface area contributed by atoms with E-state index in [1.807, 2.05) is 6.26 Å². The lowest BCUT2D eigenvalue weighted by atomic mass is 9.79. The van der Waals surface area contributed by atoms with Gasteiger partial charge in [0.15, 0.2) is 0 Å². The average Bonchev–Trinajstić information content (AvgIpc) is 2.09. The lowest BCUT2D eigenvalue weighted by Crippen LogP contribution is -2.33. The minimum atomic E-state index is -1.74. The topological polar surface area (TPSA) is 40.5 Å². The molecule has 0 aliphatic heterocycles. The lowest BCUT2D eigenvalue weighted by molar-refractivity contribution is 0.422. The summed E-state index contributed by atoms with van der Waals surface area (Å²) in [5.74, 6) is -0.540. The molecule has 0 spiro atoms. The SMILES string of the molecule is CSc1ccc(B(O)O)c(F)c1C. The van der Waals surface area contributed by atoms with Gasteiger partial charge in [0.1, 0.15) is 5.82 Å². The Morgan fingerprint density at radius 2 is 2.00 bits per heavy atom. The molecule has 1 aromatic carbocycles. The first-order valence-corrected chi connectivity index (χ1v) is 4.99. The van der Waals surface area contributed by atoms with Gasteiger partial charge in [-0.15, -0.1) is 11.8 Å². The van der Waals surface area contributed by atoms with Crippen molar-refractivity contribution in [2.45, 2.75) is 11.8 Å². The molecule has 0 saturated heterocycles. The van der Waals surface area contributed by atoms with Crippen molar-refractivity contribution in [1.82, 2.24) is 0 Å². The van der Waals surface area contributed by atoms with E-state index in [-0.39, 0.29) is 5.46 Å². The Morgan fingerprint density at radius 3 is 2.46 bits per heavy atom. The van der Waals surface area contributed by atoms with Crippen LogP contribution in [0.5, 0.6) is 0 Å². The third-order valence-electron chi connectivity index (χ3n) is 1.86. The highest BCUT2D eigenvalue weighted by molar-refractivity contribution is 7.98. The summed E-state index contributed by atoms with van der Waals surface area (Å²) in [6.45, 7) is 1.62. The summed E-state index contributed by atoms with van der Waals surface area (Å²) < 4.78 is 13.4. The largest absolute Gasteiger partial charge is 0.491 e. The third kappa shape index (κ3) is 2.04. The highest BCUT2D eigenvalue weighted by Crippen LogP contribution is 2.20. The normalized spacial score (nSPS) is 10.2. The number of halogens is 1. The van der Waals surface area contributed by atoms with E-state index in [1.165, 1.54) is 17.8 Å². The van der Waals surface area contributed by atoms with Gasteiger partial charge in [-0.3, -0.25) is 0 Å². The smallest absolute Gasteiger partial charge is 0.423 e. The number of hydrogen-bond acceptors (Lipinski definition) is 3. The summed E-state index contributed by atoms with van der Waals surface area (Å²) in [5.41, 5.74) is 0.383. The Morgan fingerprint density at radius 1 is 1.38 bits per heavy atom. The van der Waals surface area contributed by atoms with Gasteiger partial charge in [0.25, 0.3) is 0 Å². The van der Waals surface area contributed by atoms with Crippen molar-refractivity contribution >= 4 is 24.3 Å². The van der Waals surface area contributed by atoms with Crippen LogP contribution in [0.2, 0.25) is 0 Å². The summed E-state index contributed by atoms with van der Waals surface area (Å²) in [6.07, 6.45) is 1.84. The molecule has 1 aromatic rings. The summed E-state index contributed by atoms with van der Waals surface area (Å²) in [5, 5.41) is 17.6. The molecule has 0 heterocycles. The van der Waals surface area contributed by atoms with Crippen molar-refractivity contribution in [3.63, 3.8) is 0 Å². The van der Waals surface area contributed by atoms with Crippen LogP contribution in [0.3, 0.4) is 0 Å². The second-order valence-corrected chi connectivity index (χ2v) is 3.52. The van der Waals surface area contributed by atoms with Gasteiger partial charge in [0, 0.05) is 10.4 Å². The lowest BCUT2D eigenvalue weighted by Gasteiger charge is -2.07. The number of hydrogen-bond donors (Lipinski definition) is 2. The maximum atomic E-state index is 13.4. The van der Waals surface area contributed by atoms with Crippen molar-refractivity contribution in [3.8, 4) is 0 Å². The molecule has 0 bridgehead atoms. The number of thioether (sulfide) groups is 1. The fourth-order valence-corrected chi connectivity index (χ4v) is 1.71. The molecule has 0 radical (unpaired) electrons. The molecule has 2 N–H and O–H groups in total. The first kappa shape index (κ1) is 10.6. The van der Waals surface area contributed by atoms with E-state index in [9.17, 15) is 4.39 Å². The number of benzene rings is 1. The van der Waals surface area contributed by atoms with Gasteiger partial charge in [0.2, 0.25) is 0 Å². The van der Waals surface area contributed by atoms with Crippen molar-refractivity contribution in [3.05, 3.63) is 23.5 Å². The van der Waals surface area contributed by atoms with Crippen molar-refractivity contribution in [1.29, 1.82) is 0 Å². The van der Waals surface area contributed by atoms with E-state index in [4.69, 9.17) is 10.0 Å². The molecule has 0 saturated carbocycles. The van der Waals surface area contributed by atoms with E-state index in [2.05, 4.69) is 0 Å². The highest BCUT2D eigenvalue weighted by atomic mass is 32.2. The summed E-state index contributed by atoms with van der Waals surface area (Å²) >= 11 is 1.43. The Bertz CT molecular complexity index is 317. The molecule has 2 nitrogen and oxygen atoms in total. The minimum Gasteiger partial charge on any atom is -0.423 e. The molecule has 0 fully saturated rings. The molecule has 0 atom stereocenters. The molecule has 5 heteroatoms. The molecule has 13 heavy (non-hydrogen) atoms. The van der Waals surface area contributed by atoms with Crippen LogP contribution in [0.4, 0.5) is 4.39 Å². The summed E-state index contributed by atoms with van der Waals surface area (Å²) in [4.78, 5) is 0.807. The molecule has 1 rings (SSSR count). The molecule has 0 aromatic heterocycles. The van der Waals surface area contributed by atoms with Crippen LogP contribution < -0.4 is 5.46 Å². The Hall–Kier alpha value is -0.515. The monoisotopic (exact) mass is 200 g/mol. The van der Waals surface area contributed by atoms with Gasteiger partial charge in [-0.25, -0.2) is 4.39 Å². The predicted octanol–water partition coefficient (Wildman–Crippen LogP) is 0.536. The fourth-order valence-electron chi connectivity index (χ4n) is 1.11. The summed E-state index contributed by atoms with van der Waals surface area (Å²) in [6, 6.07) is 3.07. The van der Waals surface area contributed by atoms with E-state index in [1.54, 1.807) is 13.0 Å². The zero-order valence-electron chi connectivity index (χ0n) is 7.41. The van der Waals surface area contributed by atoms with Crippen LogP contribution >= 0.6 is 11.8 Å². The molecule has 0 unspecified atom stereocenters. The van der Waals surface area contributed by atoms with Gasteiger partial charge in [-0.05, 0) is 24.8 Å². The molecule has 70 valence electrons. The molecule has 0 aliphatic rings. The van der Waals surface area contributed by atoms with Crippen molar-refractivity contribution < 1.29 is 14.4 Å². The van der Waals surface area contributed by atoms with E-state index >= 15 is 0 Å². The molecule has 0 amide bonds. The van der Waals surface area contributed by atoms with Gasteiger partial charge < -0.3 is 10.0 Å². The fraction of sp³-hybridized carbons (Fsp3) is 0.250. The third-order valence-corrected chi connectivity index (χ3v) is 2.75. The van der Waals surface area contributed by atoms with E-state index in [0.29, 0.717) is 5.56 Å². The first-order valence-electron chi connectivity index (χ1n) is 3.77. The van der Waals surface area contributed by atoms with Crippen LogP contribution in [0.25, 0.3) is 0 Å². The Labute approximate surface area is 80.9 Å². The van der Waals surface area contributed by atoms with Crippen molar-refractivity contribution in [2.24, 2.45) is 0 Å². The Kier molecular flexibility index (Phi) is 3.36. The Balaban J connectivity index is 3.23. The van der Waals surface area contributed by atoms with Gasteiger partial charge >= 0.3 is 7.12 Å². The standard InChI is InChI=1S/C8H10BFO2S/c1-5-7(13-2)4-3-6(8(5)10)9(11)12/h3-4,11-12H,1-2H3. The van der Waals surface area contributed by atoms with Crippen LogP contribution in [0, 0.1) is 12.7 Å². The molecule has 0 aliphatic carbocycles. The van der Waals surface area contributed by atoms with Gasteiger partial charge in [-0.1, -0.05) is 6.07 Å². The zero-order valence-corrected chi connectivity index (χ0v) is 8.23. The van der Waals surface area contributed by atoms with Gasteiger partial charge in [-0.2, -0.15) is 0 Å². The van der Waals surface area contributed by atoms with Crippen LogP contribution in [-0.2, 0) is 0 Å². The molecular weight excluding hydrogens is 190 g/mol. The minimum absolute atomic E-state index is 0.0738. The second-order valence-electron chi connectivity index (χ2n) is 2.67. The average molecular weight is 200 g/mol. The number of rotatable bonds is 2. The van der Waals surface area contributed by atoms with E-state index < -0.39 is 12.9 Å². The maximum absolute atomic E-state index is 13.4. The second kappa shape index (κ2) is 4.13. The quantitative estimate of drug-likeness (QED) is 0.540. The maximum Gasteiger partial charge on any atom is 0.491 e.